The first-order valence-electron chi connectivity index (χ1n) is 12.5. The van der Waals surface area contributed by atoms with Gasteiger partial charge < -0.3 is 19.3 Å². The minimum atomic E-state index is -1.46. The molecule has 4 rings (SSSR count). The van der Waals surface area contributed by atoms with Gasteiger partial charge in [0.2, 0.25) is 6.10 Å². The smallest absolute Gasteiger partial charge is 0.348 e. The van der Waals surface area contributed by atoms with E-state index in [9.17, 15) is 9.90 Å². The van der Waals surface area contributed by atoms with E-state index in [-0.39, 0.29) is 12.6 Å². The molecule has 1 atom stereocenters. The van der Waals surface area contributed by atoms with Gasteiger partial charge in [0.05, 0.1) is 7.11 Å². The van der Waals surface area contributed by atoms with Gasteiger partial charge in [-0.1, -0.05) is 72.8 Å². The summed E-state index contributed by atoms with van der Waals surface area (Å²) in [5, 5.41) is 10.5. The molecule has 0 aliphatic heterocycles. The number of aromatic nitrogens is 2. The topological polar surface area (TPSA) is 90.8 Å². The van der Waals surface area contributed by atoms with Crippen LogP contribution >= 0.6 is 0 Å². The molecule has 0 saturated heterocycles. The van der Waals surface area contributed by atoms with Crippen LogP contribution in [-0.2, 0) is 21.6 Å². The highest BCUT2D eigenvalue weighted by atomic mass is 16.6. The molecule has 1 heterocycles. The van der Waals surface area contributed by atoms with Crippen LogP contribution in [0.2, 0.25) is 0 Å². The van der Waals surface area contributed by atoms with Gasteiger partial charge in [-0.05, 0) is 61.6 Å². The van der Waals surface area contributed by atoms with Crippen molar-refractivity contribution in [2.75, 3.05) is 13.7 Å². The Morgan fingerprint density at radius 1 is 0.868 bits per heavy atom. The van der Waals surface area contributed by atoms with Crippen LogP contribution in [0.3, 0.4) is 0 Å². The molecule has 0 bridgehead atoms. The number of carbonyl (C=O) groups is 1. The van der Waals surface area contributed by atoms with E-state index in [2.05, 4.69) is 9.97 Å². The number of aryl methyl sites for hydroxylation is 3. The third-order valence-electron chi connectivity index (χ3n) is 6.28. The largest absolute Gasteiger partial charge is 0.497 e. The monoisotopic (exact) mass is 512 g/mol. The summed E-state index contributed by atoms with van der Waals surface area (Å²) in [5.41, 5.74) is 2.35. The molecule has 0 saturated carbocycles. The highest BCUT2D eigenvalue weighted by Gasteiger charge is 2.50. The lowest BCUT2D eigenvalue weighted by molar-refractivity contribution is -0.164. The van der Waals surface area contributed by atoms with E-state index < -0.39 is 17.7 Å². The lowest BCUT2D eigenvalue weighted by Crippen LogP contribution is -2.51. The maximum Gasteiger partial charge on any atom is 0.348 e. The van der Waals surface area contributed by atoms with Crippen molar-refractivity contribution in [2.24, 2.45) is 0 Å². The Morgan fingerprint density at radius 3 is 1.92 bits per heavy atom. The second-order valence-corrected chi connectivity index (χ2v) is 9.04. The SMILES string of the molecule is COc1ccc(CCCOC(c2ccccc2)(c2ccccc2)C(Oc2nc(C)cc(C)n2)C(=O)O)cc1. The third kappa shape index (κ3) is 6.18. The van der Waals surface area contributed by atoms with Gasteiger partial charge in [0.1, 0.15) is 5.75 Å². The Hall–Kier alpha value is -4.23. The van der Waals surface area contributed by atoms with Crippen molar-refractivity contribution in [1.29, 1.82) is 0 Å². The molecule has 4 aromatic rings. The van der Waals surface area contributed by atoms with Crippen molar-refractivity contribution in [3.8, 4) is 11.8 Å². The average Bonchev–Trinajstić information content (AvgIpc) is 2.93. The van der Waals surface area contributed by atoms with Crippen molar-refractivity contribution in [3.63, 3.8) is 0 Å². The Bertz CT molecular complexity index is 1270. The van der Waals surface area contributed by atoms with Crippen molar-refractivity contribution in [2.45, 2.75) is 38.4 Å². The molecule has 0 spiro atoms. The predicted octanol–water partition coefficient (Wildman–Crippen LogP) is 5.53. The highest BCUT2D eigenvalue weighted by molar-refractivity contribution is 5.76. The van der Waals surface area contributed by atoms with E-state index >= 15 is 0 Å². The van der Waals surface area contributed by atoms with Gasteiger partial charge in [0.15, 0.2) is 5.60 Å². The fourth-order valence-corrected chi connectivity index (χ4v) is 4.54. The average molecular weight is 513 g/mol. The minimum Gasteiger partial charge on any atom is -0.497 e. The third-order valence-corrected chi connectivity index (χ3v) is 6.28. The van der Waals surface area contributed by atoms with E-state index in [1.54, 1.807) is 13.2 Å². The van der Waals surface area contributed by atoms with E-state index in [4.69, 9.17) is 14.2 Å². The van der Waals surface area contributed by atoms with Crippen molar-refractivity contribution in [1.82, 2.24) is 9.97 Å². The molecule has 0 radical (unpaired) electrons. The maximum atomic E-state index is 12.9. The summed E-state index contributed by atoms with van der Waals surface area (Å²) in [6.07, 6.45) is -0.0442. The first-order valence-corrected chi connectivity index (χ1v) is 12.5. The summed E-state index contributed by atoms with van der Waals surface area (Å²) in [4.78, 5) is 21.6. The van der Waals surface area contributed by atoms with Crippen LogP contribution in [0.1, 0.15) is 34.5 Å². The lowest BCUT2D eigenvalue weighted by Gasteiger charge is -2.39. The van der Waals surface area contributed by atoms with Crippen molar-refractivity contribution in [3.05, 3.63) is 119 Å². The molecular formula is C31H32N2O5. The molecule has 7 heteroatoms. The maximum absolute atomic E-state index is 12.9. The molecule has 0 aliphatic carbocycles. The Balaban J connectivity index is 1.72. The summed E-state index contributed by atoms with van der Waals surface area (Å²) < 4.78 is 18.0. The number of rotatable bonds is 12. The number of methoxy groups -OCH3 is 1. The Kier molecular flexibility index (Phi) is 8.71. The van der Waals surface area contributed by atoms with Gasteiger partial charge >= 0.3 is 12.0 Å². The number of aliphatic carboxylic acids is 1. The molecular weight excluding hydrogens is 480 g/mol. The van der Waals surface area contributed by atoms with Gasteiger partial charge in [0, 0.05) is 18.0 Å². The van der Waals surface area contributed by atoms with Gasteiger partial charge in [-0.2, -0.15) is 0 Å². The van der Waals surface area contributed by atoms with E-state index in [1.807, 2.05) is 98.8 Å². The minimum absolute atomic E-state index is 0.00651. The zero-order valence-corrected chi connectivity index (χ0v) is 21.8. The van der Waals surface area contributed by atoms with Crippen LogP contribution in [0.4, 0.5) is 0 Å². The molecule has 1 unspecified atom stereocenters. The Labute approximate surface area is 223 Å². The molecule has 0 aliphatic rings. The summed E-state index contributed by atoms with van der Waals surface area (Å²) in [5.74, 6) is -0.386. The molecule has 1 N–H and O–H groups in total. The van der Waals surface area contributed by atoms with E-state index in [0.29, 0.717) is 28.9 Å². The van der Waals surface area contributed by atoms with E-state index in [0.717, 1.165) is 17.7 Å². The second kappa shape index (κ2) is 12.3. The number of benzene rings is 3. The van der Waals surface area contributed by atoms with Crippen LogP contribution in [0.25, 0.3) is 0 Å². The molecule has 3 aromatic carbocycles. The summed E-state index contributed by atoms with van der Waals surface area (Å²) in [7, 11) is 1.64. The van der Waals surface area contributed by atoms with Gasteiger partial charge in [-0.25, -0.2) is 14.8 Å². The first-order chi connectivity index (χ1) is 18.4. The fraction of sp³-hybridized carbons (Fsp3) is 0.258. The number of hydrogen-bond acceptors (Lipinski definition) is 6. The molecule has 1 aromatic heterocycles. The number of carboxylic acids is 1. The molecule has 7 nitrogen and oxygen atoms in total. The second-order valence-electron chi connectivity index (χ2n) is 9.04. The van der Waals surface area contributed by atoms with Crippen molar-refractivity contribution >= 4 is 5.97 Å². The van der Waals surface area contributed by atoms with Crippen LogP contribution in [0.5, 0.6) is 11.8 Å². The highest BCUT2D eigenvalue weighted by Crippen LogP contribution is 2.39. The zero-order valence-electron chi connectivity index (χ0n) is 21.8. The van der Waals surface area contributed by atoms with Gasteiger partial charge in [-0.15, -0.1) is 0 Å². The zero-order chi connectivity index (χ0) is 27.0. The van der Waals surface area contributed by atoms with Crippen LogP contribution < -0.4 is 9.47 Å². The predicted molar refractivity (Wildman–Crippen MR) is 144 cm³/mol. The normalized spacial score (nSPS) is 12.1. The summed E-state index contributed by atoms with van der Waals surface area (Å²) in [6, 6.07) is 28.3. The number of carboxylic acid groups (broad SMARTS) is 1. The molecule has 0 fully saturated rings. The summed E-state index contributed by atoms with van der Waals surface area (Å²) in [6.45, 7) is 3.92. The van der Waals surface area contributed by atoms with Gasteiger partial charge in [-0.3, -0.25) is 0 Å². The van der Waals surface area contributed by atoms with Crippen LogP contribution in [-0.4, -0.2) is 40.9 Å². The fourth-order valence-electron chi connectivity index (χ4n) is 4.54. The van der Waals surface area contributed by atoms with E-state index in [1.165, 1.54) is 0 Å². The molecule has 196 valence electrons. The van der Waals surface area contributed by atoms with Crippen LogP contribution in [0.15, 0.2) is 91.0 Å². The first kappa shape index (κ1) is 26.8. The molecule has 0 amide bonds. The van der Waals surface area contributed by atoms with Crippen molar-refractivity contribution < 1.29 is 24.1 Å². The number of hydrogen-bond donors (Lipinski definition) is 1. The van der Waals surface area contributed by atoms with Crippen LogP contribution in [0, 0.1) is 13.8 Å². The standard InChI is InChI=1S/C31H32N2O5/c1-22-21-23(2)33-30(32-22)38-28(29(34)35)31(25-12-6-4-7-13-25,26-14-8-5-9-15-26)37-20-10-11-24-16-18-27(36-3)19-17-24/h4-9,12-19,21,28H,10-11,20H2,1-3H3,(H,34,35). The number of nitrogens with zero attached hydrogens (tertiary/aromatic N) is 2. The summed E-state index contributed by atoms with van der Waals surface area (Å²) >= 11 is 0. The van der Waals surface area contributed by atoms with Gasteiger partial charge in [0.25, 0.3) is 0 Å². The molecule has 38 heavy (non-hydrogen) atoms. The quantitative estimate of drug-likeness (QED) is 0.250. The Morgan fingerprint density at radius 2 is 1.42 bits per heavy atom. The lowest BCUT2D eigenvalue weighted by atomic mass is 9.81. The number of ether oxygens (including phenoxy) is 3.